The monoisotopic (exact) mass is 1120 g/mol. The van der Waals surface area contributed by atoms with Crippen LogP contribution in [0.3, 0.4) is 0 Å². The summed E-state index contributed by atoms with van der Waals surface area (Å²) in [5, 5.41) is 2.93. The smallest absolute Gasteiger partial charge is 0.339 e. The molecule has 0 saturated carbocycles. The zero-order valence-corrected chi connectivity index (χ0v) is 46.9. The summed E-state index contributed by atoms with van der Waals surface area (Å²) in [6.45, 7) is 2.22. The number of ether oxygens (including phenoxy) is 4. The van der Waals surface area contributed by atoms with Crippen molar-refractivity contribution in [2.45, 2.75) is 71.1 Å². The molecule has 11 heteroatoms. The summed E-state index contributed by atoms with van der Waals surface area (Å²) in [6.07, 6.45) is 10.8. The highest BCUT2D eigenvalue weighted by Gasteiger charge is 2.21. The summed E-state index contributed by atoms with van der Waals surface area (Å²) >= 11 is 3.49. The Bertz CT molecular complexity index is 3460. The summed E-state index contributed by atoms with van der Waals surface area (Å²) in [5.41, 5.74) is 13.1. The van der Waals surface area contributed by atoms with E-state index in [1.54, 1.807) is 12.1 Å². The van der Waals surface area contributed by atoms with Gasteiger partial charge in [-0.05, 0) is 127 Å². The van der Waals surface area contributed by atoms with Gasteiger partial charge in [0.1, 0.15) is 0 Å². The minimum Gasteiger partial charge on any atom is -0.465 e. The highest BCUT2D eigenvalue weighted by molar-refractivity contribution is 9.10. The average molecular weight is 1120 g/mol. The Kier molecular flexibility index (Phi) is 19.6. The molecule has 8 rings (SSSR count). The number of halogens is 1. The van der Waals surface area contributed by atoms with Gasteiger partial charge in [-0.25, -0.2) is 19.2 Å². The third-order valence-electron chi connectivity index (χ3n) is 14.2. The van der Waals surface area contributed by atoms with E-state index in [1.165, 1.54) is 67.0 Å². The number of amides is 1. The molecule has 0 saturated heterocycles. The first kappa shape index (κ1) is 56.8. The predicted octanol–water partition coefficient (Wildman–Crippen LogP) is 17.1. The van der Waals surface area contributed by atoms with Crippen molar-refractivity contribution >= 4 is 51.4 Å². The first-order valence-corrected chi connectivity index (χ1v) is 27.5. The van der Waals surface area contributed by atoms with E-state index in [0.29, 0.717) is 39.9 Å². The van der Waals surface area contributed by atoms with Crippen LogP contribution in [0.25, 0.3) is 77.9 Å². The van der Waals surface area contributed by atoms with E-state index in [-0.39, 0.29) is 11.5 Å². The van der Waals surface area contributed by atoms with Crippen LogP contribution in [0, 0.1) is 0 Å². The molecule has 0 aliphatic heterocycles. The summed E-state index contributed by atoms with van der Waals surface area (Å²) in [5.74, 6) is -2.11. The number of methoxy groups -OCH3 is 4. The molecule has 10 nitrogen and oxygen atoms in total. The normalized spacial score (nSPS) is 10.9. The largest absolute Gasteiger partial charge is 0.465 e. The Morgan fingerprint density at radius 3 is 0.975 bits per heavy atom. The van der Waals surface area contributed by atoms with Gasteiger partial charge >= 0.3 is 23.9 Å². The van der Waals surface area contributed by atoms with E-state index in [4.69, 9.17) is 18.9 Å². The van der Waals surface area contributed by atoms with Crippen molar-refractivity contribution < 1.29 is 42.9 Å². The molecule has 0 radical (unpaired) electrons. The first-order chi connectivity index (χ1) is 38.4. The molecule has 0 fully saturated rings. The van der Waals surface area contributed by atoms with Crippen molar-refractivity contribution in [2.24, 2.45) is 0 Å². The van der Waals surface area contributed by atoms with Gasteiger partial charge in [-0.2, -0.15) is 0 Å². The number of carbonyl (C=O) groups excluding carboxylic acids is 5. The van der Waals surface area contributed by atoms with Crippen LogP contribution < -0.4 is 5.32 Å². The molecule has 0 aliphatic rings. The molecular weight excluding hydrogens is 1050 g/mol. The fraction of sp³-hybridized carbons (Fsp3) is 0.221. The average Bonchev–Trinajstić information content (AvgIpc) is 3.53. The van der Waals surface area contributed by atoms with Crippen LogP contribution in [0.5, 0.6) is 0 Å². The lowest BCUT2D eigenvalue weighted by Crippen LogP contribution is -2.15. The molecule has 0 aliphatic carbocycles. The second-order valence-electron chi connectivity index (χ2n) is 19.4. The zero-order valence-electron chi connectivity index (χ0n) is 45.3. The van der Waals surface area contributed by atoms with E-state index in [0.717, 1.165) is 90.5 Å². The quantitative estimate of drug-likeness (QED) is 0.0400. The van der Waals surface area contributed by atoms with Crippen LogP contribution in [-0.2, 0) is 23.7 Å². The van der Waals surface area contributed by atoms with E-state index in [9.17, 15) is 24.0 Å². The van der Waals surface area contributed by atoms with Gasteiger partial charge in [0.2, 0.25) is 5.91 Å². The SMILES string of the molecule is CCCCCCCCCCCC(=O)Nc1ccc(-c2ccc(-c3ccc(-c4ccc(-c5ccc(-c6ccc(-c7ccc(-c8ccc(Br)cc8)cc7C(=O)OC)cc6)cc5C(=O)OC)cc4)cc3C(=O)OC)cc2)cc1C(=O)OC. The summed E-state index contributed by atoms with van der Waals surface area (Å²) in [7, 11) is 5.41. The van der Waals surface area contributed by atoms with Gasteiger partial charge in [0, 0.05) is 10.9 Å². The number of unbranched alkanes of at least 4 members (excludes halogenated alkanes) is 8. The standard InChI is InChI=1S/C68H64BrNO9/c1-6-7-8-9-10-11-12-13-14-15-64(71)70-63-39-33-54(43-62(63)68(75)79-5)46-20-26-50(27-21-46)57-37-31-52(41-60(57)66(73)77-3)44-16-22-48(23-17-44)56-36-30-51(40-59(56)65(72)76-2)45-18-24-49(25-19-45)58-38-32-53(42-61(58)67(74)78-4)47-28-34-55(69)35-29-47/h16-43H,6-15H2,1-5H3,(H,70,71). The van der Waals surface area contributed by atoms with Crippen molar-refractivity contribution in [3.63, 3.8) is 0 Å². The minimum atomic E-state index is -0.552. The van der Waals surface area contributed by atoms with Crippen LogP contribution in [0.4, 0.5) is 5.69 Å². The lowest BCUT2D eigenvalue weighted by atomic mass is 9.91. The van der Waals surface area contributed by atoms with Gasteiger partial charge in [-0.1, -0.05) is 202 Å². The molecule has 0 atom stereocenters. The van der Waals surface area contributed by atoms with Gasteiger partial charge in [0.15, 0.2) is 0 Å². The van der Waals surface area contributed by atoms with Crippen molar-refractivity contribution in [1.29, 1.82) is 0 Å². The Labute approximate surface area is 471 Å². The Morgan fingerprint density at radius 1 is 0.342 bits per heavy atom. The van der Waals surface area contributed by atoms with Crippen molar-refractivity contribution in [2.75, 3.05) is 33.8 Å². The topological polar surface area (TPSA) is 134 Å². The highest BCUT2D eigenvalue weighted by Crippen LogP contribution is 2.37. The molecule has 0 spiro atoms. The second-order valence-corrected chi connectivity index (χ2v) is 20.3. The van der Waals surface area contributed by atoms with Crippen LogP contribution in [0.1, 0.15) is 113 Å². The van der Waals surface area contributed by atoms with Crippen LogP contribution in [-0.4, -0.2) is 58.2 Å². The number of rotatable bonds is 22. The van der Waals surface area contributed by atoms with Crippen molar-refractivity contribution in [1.82, 2.24) is 0 Å². The molecule has 8 aromatic rings. The van der Waals surface area contributed by atoms with E-state index < -0.39 is 23.9 Å². The second kappa shape index (κ2) is 27.3. The highest BCUT2D eigenvalue weighted by atomic mass is 79.9. The molecule has 402 valence electrons. The zero-order chi connectivity index (χ0) is 55.8. The Morgan fingerprint density at radius 2 is 0.620 bits per heavy atom. The van der Waals surface area contributed by atoms with Crippen LogP contribution in [0.2, 0.25) is 0 Å². The van der Waals surface area contributed by atoms with E-state index in [1.807, 2.05) is 158 Å². The minimum absolute atomic E-state index is 0.137. The third kappa shape index (κ3) is 14.0. The van der Waals surface area contributed by atoms with Gasteiger partial charge < -0.3 is 24.3 Å². The maximum Gasteiger partial charge on any atom is 0.339 e. The maximum atomic E-state index is 13.4. The van der Waals surface area contributed by atoms with Crippen LogP contribution >= 0.6 is 15.9 Å². The number of anilines is 1. The maximum absolute atomic E-state index is 13.4. The lowest BCUT2D eigenvalue weighted by Gasteiger charge is -2.14. The van der Waals surface area contributed by atoms with Gasteiger partial charge in [0.25, 0.3) is 0 Å². The fourth-order valence-corrected chi connectivity index (χ4v) is 10.1. The summed E-state index contributed by atoms with van der Waals surface area (Å²) < 4.78 is 21.8. The predicted molar refractivity (Wildman–Crippen MR) is 318 cm³/mol. The first-order valence-electron chi connectivity index (χ1n) is 26.7. The molecule has 0 unspecified atom stereocenters. The Hall–Kier alpha value is -8.41. The molecule has 0 heterocycles. The van der Waals surface area contributed by atoms with Crippen molar-refractivity contribution in [3.8, 4) is 77.9 Å². The van der Waals surface area contributed by atoms with E-state index in [2.05, 4.69) is 28.2 Å². The third-order valence-corrected chi connectivity index (χ3v) is 14.8. The number of hydrogen-bond donors (Lipinski definition) is 1. The van der Waals surface area contributed by atoms with E-state index >= 15 is 0 Å². The number of esters is 4. The molecule has 1 amide bonds. The number of nitrogens with one attached hydrogen (secondary N) is 1. The number of hydrogen-bond acceptors (Lipinski definition) is 9. The molecule has 1 N–H and O–H groups in total. The molecule has 79 heavy (non-hydrogen) atoms. The fourth-order valence-electron chi connectivity index (χ4n) is 9.85. The van der Waals surface area contributed by atoms with Gasteiger partial charge in [-0.15, -0.1) is 0 Å². The summed E-state index contributed by atoms with van der Waals surface area (Å²) in [6, 6.07) is 53.5. The molecule has 0 aromatic heterocycles. The number of benzene rings is 8. The van der Waals surface area contributed by atoms with Crippen molar-refractivity contribution in [3.05, 3.63) is 197 Å². The lowest BCUT2D eigenvalue weighted by molar-refractivity contribution is -0.116. The van der Waals surface area contributed by atoms with Crippen LogP contribution in [0.15, 0.2) is 174 Å². The number of carbonyl (C=O) groups is 5. The molecule has 0 bridgehead atoms. The molecule has 8 aromatic carbocycles. The van der Waals surface area contributed by atoms with Gasteiger partial charge in [-0.3, -0.25) is 4.79 Å². The van der Waals surface area contributed by atoms with Gasteiger partial charge in [0.05, 0.1) is 56.4 Å². The Balaban J connectivity index is 0.970. The summed E-state index contributed by atoms with van der Waals surface area (Å²) in [4.78, 5) is 65.7. The molecular formula is C68H64BrNO9.